The number of hydrogen-bond acceptors (Lipinski definition) is 4. The molecule has 0 bridgehead atoms. The summed E-state index contributed by atoms with van der Waals surface area (Å²) in [5.74, 6) is 0.240. The Morgan fingerprint density at radius 1 is 1.30 bits per heavy atom. The predicted octanol–water partition coefficient (Wildman–Crippen LogP) is 3.69. The summed E-state index contributed by atoms with van der Waals surface area (Å²) in [7, 11) is 0. The second-order valence-corrected chi connectivity index (χ2v) is 9.14. The molecule has 7 heteroatoms. The van der Waals surface area contributed by atoms with E-state index in [0.29, 0.717) is 28.7 Å². The standard InChI is InChI=1S/C23H28N4O2S/c1-14(2)12-27-22(29)21-19(25-23(27)30-4)11-15(3)26(21)13-20(28)24-18-10-9-16-7-5-6-8-17(16)18/h5-8,11,14,18H,9-10,12-13H2,1-4H3,(H,24,28). The minimum atomic E-state index is -0.0824. The van der Waals surface area contributed by atoms with Crippen molar-refractivity contribution in [3.63, 3.8) is 0 Å². The summed E-state index contributed by atoms with van der Waals surface area (Å²) in [5, 5.41) is 3.87. The van der Waals surface area contributed by atoms with E-state index in [-0.39, 0.29) is 24.1 Å². The number of rotatable bonds is 6. The average Bonchev–Trinajstić information content (AvgIpc) is 3.25. The molecule has 1 atom stereocenters. The van der Waals surface area contributed by atoms with Crippen LogP contribution in [0.15, 0.2) is 40.3 Å². The smallest absolute Gasteiger partial charge is 0.278 e. The molecule has 1 aromatic carbocycles. The van der Waals surface area contributed by atoms with E-state index in [1.54, 1.807) is 4.57 Å². The van der Waals surface area contributed by atoms with Gasteiger partial charge in [-0.25, -0.2) is 4.98 Å². The van der Waals surface area contributed by atoms with E-state index in [0.717, 1.165) is 18.5 Å². The number of hydrogen-bond donors (Lipinski definition) is 1. The average molecular weight is 425 g/mol. The molecule has 3 aromatic rings. The number of carbonyl (C=O) groups excluding carboxylic acids is 1. The highest BCUT2D eigenvalue weighted by molar-refractivity contribution is 7.98. The van der Waals surface area contributed by atoms with Crippen molar-refractivity contribution in [2.75, 3.05) is 6.26 Å². The van der Waals surface area contributed by atoms with Gasteiger partial charge in [-0.05, 0) is 49.1 Å². The van der Waals surface area contributed by atoms with Crippen LogP contribution in [0.5, 0.6) is 0 Å². The molecule has 2 aromatic heterocycles. The molecule has 2 heterocycles. The number of thioether (sulfide) groups is 1. The molecule has 0 aliphatic heterocycles. The van der Waals surface area contributed by atoms with E-state index >= 15 is 0 Å². The maximum absolute atomic E-state index is 13.3. The van der Waals surface area contributed by atoms with Gasteiger partial charge in [0.2, 0.25) is 5.91 Å². The highest BCUT2D eigenvalue weighted by atomic mass is 32.2. The molecule has 6 nitrogen and oxygen atoms in total. The van der Waals surface area contributed by atoms with Crippen LogP contribution < -0.4 is 10.9 Å². The summed E-state index contributed by atoms with van der Waals surface area (Å²) in [6.45, 7) is 6.80. The fraction of sp³-hybridized carbons (Fsp3) is 0.435. The van der Waals surface area contributed by atoms with Crippen LogP contribution in [-0.2, 0) is 24.3 Å². The number of aromatic nitrogens is 3. The molecule has 1 amide bonds. The van der Waals surface area contributed by atoms with Crippen LogP contribution in [0, 0.1) is 12.8 Å². The lowest BCUT2D eigenvalue weighted by Crippen LogP contribution is -2.32. The minimum absolute atomic E-state index is 0.0367. The number of aryl methyl sites for hydroxylation is 2. The molecule has 1 N–H and O–H groups in total. The Hall–Kier alpha value is -2.54. The Morgan fingerprint density at radius 3 is 2.80 bits per heavy atom. The van der Waals surface area contributed by atoms with Gasteiger partial charge in [0.05, 0.1) is 11.6 Å². The zero-order valence-corrected chi connectivity index (χ0v) is 18.8. The summed E-state index contributed by atoms with van der Waals surface area (Å²) in [4.78, 5) is 30.9. The molecular formula is C23H28N4O2S. The first-order valence-electron chi connectivity index (χ1n) is 10.4. The lowest BCUT2D eigenvalue weighted by atomic mass is 10.1. The number of fused-ring (bicyclic) bond motifs is 2. The van der Waals surface area contributed by atoms with E-state index in [4.69, 9.17) is 4.98 Å². The van der Waals surface area contributed by atoms with Gasteiger partial charge in [-0.3, -0.25) is 14.2 Å². The number of amides is 1. The van der Waals surface area contributed by atoms with Gasteiger partial charge < -0.3 is 9.88 Å². The number of nitrogens with one attached hydrogen (secondary N) is 1. The first-order valence-corrected chi connectivity index (χ1v) is 11.6. The normalized spacial score (nSPS) is 15.7. The van der Waals surface area contributed by atoms with Crippen LogP contribution in [0.4, 0.5) is 0 Å². The van der Waals surface area contributed by atoms with Gasteiger partial charge in [-0.1, -0.05) is 49.9 Å². The van der Waals surface area contributed by atoms with Gasteiger partial charge in [-0.15, -0.1) is 0 Å². The summed E-state index contributed by atoms with van der Waals surface area (Å²) in [6, 6.07) is 10.2. The number of benzene rings is 1. The van der Waals surface area contributed by atoms with Crippen molar-refractivity contribution < 1.29 is 4.79 Å². The maximum atomic E-state index is 13.3. The van der Waals surface area contributed by atoms with Crippen LogP contribution in [0.3, 0.4) is 0 Å². The van der Waals surface area contributed by atoms with Gasteiger partial charge in [0, 0.05) is 12.2 Å². The molecule has 30 heavy (non-hydrogen) atoms. The summed E-state index contributed by atoms with van der Waals surface area (Å²) in [6.07, 6.45) is 3.82. The fourth-order valence-corrected chi connectivity index (χ4v) is 4.89. The van der Waals surface area contributed by atoms with Crippen molar-refractivity contribution in [2.24, 2.45) is 5.92 Å². The van der Waals surface area contributed by atoms with E-state index in [1.165, 1.54) is 22.9 Å². The Labute approximate surface area is 180 Å². The first-order chi connectivity index (χ1) is 14.4. The van der Waals surface area contributed by atoms with Crippen LogP contribution >= 0.6 is 11.8 Å². The predicted molar refractivity (Wildman–Crippen MR) is 121 cm³/mol. The van der Waals surface area contributed by atoms with Gasteiger partial charge in [0.15, 0.2) is 5.16 Å². The zero-order chi connectivity index (χ0) is 21.4. The molecule has 158 valence electrons. The molecule has 0 saturated heterocycles. The van der Waals surface area contributed by atoms with Crippen LogP contribution in [-0.4, -0.2) is 26.3 Å². The second-order valence-electron chi connectivity index (χ2n) is 8.37. The molecule has 0 spiro atoms. The lowest BCUT2D eigenvalue weighted by molar-refractivity contribution is -0.122. The van der Waals surface area contributed by atoms with E-state index in [2.05, 4.69) is 31.3 Å². The second kappa shape index (κ2) is 8.30. The Kier molecular flexibility index (Phi) is 5.73. The monoisotopic (exact) mass is 424 g/mol. The van der Waals surface area contributed by atoms with E-state index < -0.39 is 0 Å². The van der Waals surface area contributed by atoms with Gasteiger partial charge >= 0.3 is 0 Å². The molecule has 1 aliphatic carbocycles. The minimum Gasteiger partial charge on any atom is -0.348 e. The Balaban J connectivity index is 1.65. The Bertz CT molecular complexity index is 1160. The van der Waals surface area contributed by atoms with Crippen molar-refractivity contribution in [2.45, 2.75) is 57.9 Å². The highest BCUT2D eigenvalue weighted by Gasteiger charge is 2.24. The lowest BCUT2D eigenvalue weighted by Gasteiger charge is -2.16. The van der Waals surface area contributed by atoms with Crippen LogP contribution in [0.25, 0.3) is 11.0 Å². The molecule has 1 unspecified atom stereocenters. The summed E-state index contributed by atoms with van der Waals surface area (Å²) in [5.41, 5.74) is 4.45. The van der Waals surface area contributed by atoms with Crippen molar-refractivity contribution >= 4 is 28.7 Å². The largest absolute Gasteiger partial charge is 0.348 e. The zero-order valence-electron chi connectivity index (χ0n) is 17.9. The quantitative estimate of drug-likeness (QED) is 0.484. The molecule has 4 rings (SSSR count). The summed E-state index contributed by atoms with van der Waals surface area (Å²) < 4.78 is 3.54. The highest BCUT2D eigenvalue weighted by Crippen LogP contribution is 2.30. The molecular weight excluding hydrogens is 396 g/mol. The van der Waals surface area contributed by atoms with Crippen molar-refractivity contribution in [1.29, 1.82) is 0 Å². The Morgan fingerprint density at radius 2 is 2.07 bits per heavy atom. The molecule has 1 aliphatic rings. The van der Waals surface area contributed by atoms with Crippen molar-refractivity contribution in [3.05, 3.63) is 57.5 Å². The molecule has 0 saturated carbocycles. The number of nitrogens with zero attached hydrogens (tertiary/aromatic N) is 3. The SMILES string of the molecule is CSc1nc2cc(C)n(CC(=O)NC3CCc4ccccc43)c2c(=O)n1CC(C)C. The molecule has 0 radical (unpaired) electrons. The maximum Gasteiger partial charge on any atom is 0.278 e. The first kappa shape index (κ1) is 20.7. The third kappa shape index (κ3) is 3.78. The van der Waals surface area contributed by atoms with Gasteiger partial charge in [-0.2, -0.15) is 0 Å². The fourth-order valence-electron chi connectivity index (χ4n) is 4.32. The van der Waals surface area contributed by atoms with Gasteiger partial charge in [0.1, 0.15) is 12.1 Å². The van der Waals surface area contributed by atoms with Crippen molar-refractivity contribution in [1.82, 2.24) is 19.4 Å². The van der Waals surface area contributed by atoms with Gasteiger partial charge in [0.25, 0.3) is 5.56 Å². The summed E-state index contributed by atoms with van der Waals surface area (Å²) >= 11 is 1.47. The van der Waals surface area contributed by atoms with Crippen LogP contribution in [0.1, 0.15) is 43.1 Å². The third-order valence-electron chi connectivity index (χ3n) is 5.68. The topological polar surface area (TPSA) is 68.9 Å². The third-order valence-corrected chi connectivity index (χ3v) is 6.36. The van der Waals surface area contributed by atoms with Crippen molar-refractivity contribution in [3.8, 4) is 0 Å². The van der Waals surface area contributed by atoms with Crippen LogP contribution in [0.2, 0.25) is 0 Å². The van der Waals surface area contributed by atoms with E-state index in [1.807, 2.05) is 35.9 Å². The molecule has 0 fully saturated rings. The van der Waals surface area contributed by atoms with E-state index in [9.17, 15) is 9.59 Å². The number of carbonyl (C=O) groups is 1.